The van der Waals surface area contributed by atoms with Crippen LogP contribution in [0, 0.1) is 0 Å². The molecule has 7 nitrogen and oxygen atoms in total. The third kappa shape index (κ3) is 4.99. The molecule has 0 aromatic heterocycles. The minimum Gasteiger partial charge on any atom is -0.483 e. The maximum atomic E-state index is 11.9. The Bertz CT molecular complexity index is 1210. The van der Waals surface area contributed by atoms with Crippen LogP contribution >= 0.6 is 11.8 Å². The van der Waals surface area contributed by atoms with E-state index in [1.807, 2.05) is 18.2 Å². The van der Waals surface area contributed by atoms with E-state index in [2.05, 4.69) is 0 Å². The average Bonchev–Trinajstić information content (AvgIpc) is 3.24. The molecule has 0 amide bonds. The van der Waals surface area contributed by atoms with Crippen molar-refractivity contribution in [3.05, 3.63) is 112 Å². The number of carboxylic acids is 1. The third-order valence-corrected chi connectivity index (χ3v) is 6.55. The Balaban J connectivity index is 1.61. The minimum absolute atomic E-state index is 0.0968. The van der Waals surface area contributed by atoms with Crippen LogP contribution in [0.4, 0.5) is 0 Å². The predicted octanol–water partition coefficient (Wildman–Crippen LogP) is 4.78. The summed E-state index contributed by atoms with van der Waals surface area (Å²) >= 11 is 1.28. The average molecular weight is 478 g/mol. The number of para-hydroxylation sites is 1. The van der Waals surface area contributed by atoms with Gasteiger partial charge in [-0.1, -0.05) is 66.4 Å². The number of hydroxylamine groups is 2. The second-order valence-corrected chi connectivity index (χ2v) is 8.77. The highest BCUT2D eigenvalue weighted by Crippen LogP contribution is 2.40. The van der Waals surface area contributed by atoms with Crippen LogP contribution in [0.3, 0.4) is 0 Å². The number of carboxylic acid groups (broad SMARTS) is 1. The number of benzene rings is 3. The number of hydrogen-bond donors (Lipinski definition) is 3. The number of aliphatic hydroxyl groups is 1. The first-order valence-electron chi connectivity index (χ1n) is 10.5. The van der Waals surface area contributed by atoms with Gasteiger partial charge in [0.05, 0.1) is 5.56 Å². The zero-order valence-electron chi connectivity index (χ0n) is 18.2. The van der Waals surface area contributed by atoms with Gasteiger partial charge < -0.3 is 14.9 Å². The number of allylic oxidation sites excluding steroid dienone is 1. The van der Waals surface area contributed by atoms with Crippen LogP contribution in [0.5, 0.6) is 5.75 Å². The third-order valence-electron chi connectivity index (χ3n) is 5.46. The topological polar surface area (TPSA) is 107 Å². The summed E-state index contributed by atoms with van der Waals surface area (Å²) in [7, 11) is 0. The van der Waals surface area contributed by atoms with Crippen molar-refractivity contribution in [2.45, 2.75) is 24.5 Å². The molecule has 0 spiro atoms. The molecule has 1 aliphatic rings. The summed E-state index contributed by atoms with van der Waals surface area (Å²) < 4.78 is 6.22. The summed E-state index contributed by atoms with van der Waals surface area (Å²) in [6.45, 7) is 1.39. The van der Waals surface area contributed by atoms with Crippen LogP contribution in [-0.2, 0) is 4.79 Å². The molecule has 3 aromatic carbocycles. The van der Waals surface area contributed by atoms with Crippen molar-refractivity contribution in [2.24, 2.45) is 0 Å². The molecule has 34 heavy (non-hydrogen) atoms. The maximum absolute atomic E-state index is 11.9. The Morgan fingerprint density at radius 1 is 0.941 bits per heavy atom. The molecular formula is C26H23NO6S. The Hall–Kier alpha value is -3.59. The first-order chi connectivity index (χ1) is 16.3. The van der Waals surface area contributed by atoms with Gasteiger partial charge in [-0.3, -0.25) is 10.0 Å². The van der Waals surface area contributed by atoms with Crippen LogP contribution in [-0.4, -0.2) is 37.6 Å². The van der Waals surface area contributed by atoms with Crippen molar-refractivity contribution in [1.82, 2.24) is 5.06 Å². The van der Waals surface area contributed by atoms with E-state index >= 15 is 0 Å². The highest BCUT2D eigenvalue weighted by Gasteiger charge is 2.37. The molecule has 174 valence electrons. The number of aromatic carboxylic acids is 1. The van der Waals surface area contributed by atoms with E-state index in [4.69, 9.17) is 4.74 Å². The summed E-state index contributed by atoms with van der Waals surface area (Å²) in [6.07, 6.45) is -1.64. The summed E-state index contributed by atoms with van der Waals surface area (Å²) in [5, 5.41) is 32.6. The van der Waals surface area contributed by atoms with Crippen LogP contribution < -0.4 is 4.74 Å². The van der Waals surface area contributed by atoms with Crippen molar-refractivity contribution in [1.29, 1.82) is 0 Å². The second-order valence-electron chi connectivity index (χ2n) is 7.78. The molecule has 1 heterocycles. The molecule has 3 N–H and O–H groups in total. The summed E-state index contributed by atoms with van der Waals surface area (Å²) in [5.74, 6) is -0.711. The molecular weight excluding hydrogens is 454 g/mol. The van der Waals surface area contributed by atoms with Crippen molar-refractivity contribution >= 4 is 23.5 Å². The Morgan fingerprint density at radius 2 is 1.62 bits per heavy atom. The van der Waals surface area contributed by atoms with E-state index in [0.717, 1.165) is 10.6 Å². The first-order valence-corrected chi connectivity index (χ1v) is 11.5. The van der Waals surface area contributed by atoms with Gasteiger partial charge >= 0.3 is 5.97 Å². The monoisotopic (exact) mass is 477 g/mol. The van der Waals surface area contributed by atoms with E-state index in [9.17, 15) is 25.0 Å². The highest BCUT2D eigenvalue weighted by molar-refractivity contribution is 8.03. The van der Waals surface area contributed by atoms with Crippen molar-refractivity contribution < 1.29 is 29.7 Å². The fraction of sp³-hybridized carbons (Fsp3) is 0.154. The predicted molar refractivity (Wildman–Crippen MR) is 127 cm³/mol. The van der Waals surface area contributed by atoms with Crippen molar-refractivity contribution in [3.8, 4) is 5.75 Å². The van der Waals surface area contributed by atoms with Gasteiger partial charge in [-0.2, -0.15) is 0 Å². The molecule has 0 aliphatic carbocycles. The van der Waals surface area contributed by atoms with Crippen LogP contribution in [0.2, 0.25) is 0 Å². The molecule has 4 rings (SSSR count). The summed E-state index contributed by atoms with van der Waals surface area (Å²) in [6, 6.07) is 22.4. The van der Waals surface area contributed by atoms with Gasteiger partial charge in [0.15, 0.2) is 11.9 Å². The lowest BCUT2D eigenvalue weighted by Gasteiger charge is -2.30. The molecule has 0 radical (unpaired) electrons. The van der Waals surface area contributed by atoms with E-state index in [0.29, 0.717) is 16.9 Å². The van der Waals surface area contributed by atoms with Crippen molar-refractivity contribution in [2.75, 3.05) is 0 Å². The molecule has 0 bridgehead atoms. The van der Waals surface area contributed by atoms with Crippen LogP contribution in [0.1, 0.15) is 46.2 Å². The fourth-order valence-corrected chi connectivity index (χ4v) is 4.79. The maximum Gasteiger partial charge on any atom is 0.335 e. The van der Waals surface area contributed by atoms with E-state index < -0.39 is 23.6 Å². The normalized spacial score (nSPS) is 17.1. The Kier molecular flexibility index (Phi) is 7.02. The van der Waals surface area contributed by atoms with Gasteiger partial charge in [0.2, 0.25) is 0 Å². The van der Waals surface area contributed by atoms with Gasteiger partial charge in [0.25, 0.3) is 0 Å². The number of hydrogen-bond acceptors (Lipinski definition) is 7. The van der Waals surface area contributed by atoms with E-state index in [1.165, 1.54) is 30.8 Å². The number of thioether (sulfide) groups is 1. The van der Waals surface area contributed by atoms with E-state index in [-0.39, 0.29) is 17.0 Å². The van der Waals surface area contributed by atoms with Gasteiger partial charge in [-0.15, -0.1) is 0 Å². The van der Waals surface area contributed by atoms with Gasteiger partial charge in [-0.05, 0) is 41.0 Å². The van der Waals surface area contributed by atoms with Crippen LogP contribution in [0.15, 0.2) is 90.0 Å². The number of ketones is 1. The van der Waals surface area contributed by atoms with Crippen molar-refractivity contribution in [3.63, 3.8) is 0 Å². The quantitative estimate of drug-likeness (QED) is 0.426. The molecule has 3 aromatic rings. The smallest absolute Gasteiger partial charge is 0.335 e. The summed E-state index contributed by atoms with van der Waals surface area (Å²) in [4.78, 5) is 23.1. The zero-order valence-corrected chi connectivity index (χ0v) is 19.1. The number of ether oxygens (including phenoxy) is 1. The molecule has 0 saturated carbocycles. The Morgan fingerprint density at radius 3 is 2.24 bits per heavy atom. The lowest BCUT2D eigenvalue weighted by atomic mass is 9.97. The lowest BCUT2D eigenvalue weighted by molar-refractivity contribution is -0.127. The number of carbonyl (C=O) groups is 2. The lowest BCUT2D eigenvalue weighted by Crippen LogP contribution is -2.35. The number of Topliss-reactive ketones (excluding diaryl/α,β-unsaturated/α-hetero) is 1. The van der Waals surface area contributed by atoms with Gasteiger partial charge in [0.1, 0.15) is 22.9 Å². The van der Waals surface area contributed by atoms with E-state index in [1.54, 1.807) is 53.9 Å². The SMILES string of the molecule is CC(=O)C1=CSC(C(Oc2ccccc2)c2ccc(C(O)c3cccc(C(=O)O)c3)cc2)N1O. The minimum atomic E-state index is -1.06. The molecule has 3 atom stereocenters. The molecule has 1 aliphatic heterocycles. The standard InChI is InChI=1S/C26H23NO6S/c1-16(28)22-15-34-25(27(22)32)24(33-21-8-3-2-4-9-21)18-12-10-17(11-13-18)23(29)19-6-5-7-20(14-19)26(30)31/h2-15,23-25,29,32H,1H3,(H,30,31). The number of aliphatic hydroxyl groups excluding tert-OH is 1. The number of rotatable bonds is 8. The highest BCUT2D eigenvalue weighted by atomic mass is 32.2. The second kappa shape index (κ2) is 10.1. The zero-order chi connectivity index (χ0) is 24.2. The summed E-state index contributed by atoms with van der Waals surface area (Å²) in [5.41, 5.74) is 2.07. The largest absolute Gasteiger partial charge is 0.483 e. The first kappa shape index (κ1) is 23.6. The molecule has 8 heteroatoms. The number of nitrogens with zero attached hydrogens (tertiary/aromatic N) is 1. The van der Waals surface area contributed by atoms with Gasteiger partial charge in [-0.25, -0.2) is 9.86 Å². The van der Waals surface area contributed by atoms with Gasteiger partial charge in [0, 0.05) is 12.3 Å². The Labute approximate surface area is 200 Å². The molecule has 0 saturated heterocycles. The fourth-order valence-electron chi connectivity index (χ4n) is 3.67. The molecule has 0 fully saturated rings. The molecule has 3 unspecified atom stereocenters. The van der Waals surface area contributed by atoms with Crippen LogP contribution in [0.25, 0.3) is 0 Å². The number of carbonyl (C=O) groups excluding carboxylic acids is 1.